The number of anilines is 1. The van der Waals surface area contributed by atoms with Gasteiger partial charge in [0, 0.05) is 30.0 Å². The average Bonchev–Trinajstić information content (AvgIpc) is 3.32. The molecule has 1 aliphatic rings. The Balaban J connectivity index is 1.34. The maximum Gasteiger partial charge on any atom is 0.243 e. The number of piperidine rings is 1. The molecule has 9 heteroatoms. The summed E-state index contributed by atoms with van der Waals surface area (Å²) in [6.07, 6.45) is 1.93. The summed E-state index contributed by atoms with van der Waals surface area (Å²) in [5.74, 6) is 0.245. The number of ether oxygens (including phenoxy) is 1. The zero-order valence-electron chi connectivity index (χ0n) is 18.7. The molecule has 33 heavy (non-hydrogen) atoms. The molecular weight excluding hydrogens is 458 g/mol. The van der Waals surface area contributed by atoms with Gasteiger partial charge in [0.1, 0.15) is 5.75 Å². The number of rotatable bonds is 7. The van der Waals surface area contributed by atoms with Crippen LogP contribution in [0.3, 0.4) is 0 Å². The van der Waals surface area contributed by atoms with Crippen molar-refractivity contribution in [2.45, 2.75) is 31.1 Å². The number of carbonyl (C=O) groups is 1. The molecule has 1 amide bonds. The van der Waals surface area contributed by atoms with E-state index >= 15 is 0 Å². The predicted octanol–water partition coefficient (Wildman–Crippen LogP) is 4.42. The van der Waals surface area contributed by atoms with Crippen LogP contribution in [0.25, 0.3) is 11.3 Å². The van der Waals surface area contributed by atoms with Crippen LogP contribution in [0.5, 0.6) is 5.75 Å². The first-order chi connectivity index (χ1) is 15.9. The van der Waals surface area contributed by atoms with E-state index in [4.69, 9.17) is 4.74 Å². The summed E-state index contributed by atoms with van der Waals surface area (Å²) in [5.41, 5.74) is 3.11. The largest absolute Gasteiger partial charge is 0.497 e. The van der Waals surface area contributed by atoms with Gasteiger partial charge in [0.05, 0.1) is 17.7 Å². The topological polar surface area (TPSA) is 88.6 Å². The number of nitrogens with one attached hydrogen (secondary N) is 1. The SMILES string of the molecule is CCc1ccc(-c2csc(NC(=O)C3CCN(S(=O)(=O)c4ccc(OC)cc4)CC3)n2)cc1. The lowest BCUT2D eigenvalue weighted by Crippen LogP contribution is -2.41. The van der Waals surface area contributed by atoms with E-state index in [-0.39, 0.29) is 16.7 Å². The smallest absolute Gasteiger partial charge is 0.243 e. The molecule has 1 fully saturated rings. The van der Waals surface area contributed by atoms with Crippen molar-refractivity contribution in [3.05, 3.63) is 59.5 Å². The number of sulfonamides is 1. The van der Waals surface area contributed by atoms with E-state index in [1.165, 1.54) is 28.3 Å². The number of hydrogen-bond donors (Lipinski definition) is 1. The van der Waals surface area contributed by atoms with Crippen LogP contribution in [0.1, 0.15) is 25.3 Å². The van der Waals surface area contributed by atoms with Gasteiger partial charge in [-0.25, -0.2) is 13.4 Å². The maximum atomic E-state index is 12.9. The van der Waals surface area contributed by atoms with Crippen LogP contribution in [0.2, 0.25) is 0 Å². The first kappa shape index (κ1) is 23.4. The van der Waals surface area contributed by atoms with E-state index in [2.05, 4.69) is 29.4 Å². The summed E-state index contributed by atoms with van der Waals surface area (Å²) in [4.78, 5) is 17.5. The monoisotopic (exact) mass is 485 g/mol. The number of aryl methyl sites for hydroxylation is 1. The summed E-state index contributed by atoms with van der Waals surface area (Å²) in [6, 6.07) is 14.6. The summed E-state index contributed by atoms with van der Waals surface area (Å²) >= 11 is 1.39. The predicted molar refractivity (Wildman–Crippen MR) is 130 cm³/mol. The van der Waals surface area contributed by atoms with Gasteiger partial charge in [-0.2, -0.15) is 4.31 Å². The number of aromatic nitrogens is 1. The number of nitrogens with zero attached hydrogens (tertiary/aromatic N) is 2. The second kappa shape index (κ2) is 10.0. The Morgan fingerprint density at radius 3 is 2.39 bits per heavy atom. The molecule has 0 unspecified atom stereocenters. The molecule has 0 radical (unpaired) electrons. The number of methoxy groups -OCH3 is 1. The molecule has 4 rings (SSSR count). The molecule has 1 aromatic heterocycles. The van der Waals surface area contributed by atoms with Gasteiger partial charge in [-0.15, -0.1) is 11.3 Å². The minimum absolute atomic E-state index is 0.112. The highest BCUT2D eigenvalue weighted by atomic mass is 32.2. The Morgan fingerprint density at radius 1 is 1.12 bits per heavy atom. The average molecular weight is 486 g/mol. The highest BCUT2D eigenvalue weighted by Gasteiger charge is 2.32. The van der Waals surface area contributed by atoms with Gasteiger partial charge in [-0.05, 0) is 49.1 Å². The van der Waals surface area contributed by atoms with E-state index < -0.39 is 10.0 Å². The molecule has 1 N–H and O–H groups in total. The molecule has 2 aromatic carbocycles. The van der Waals surface area contributed by atoms with Gasteiger partial charge in [0.2, 0.25) is 15.9 Å². The zero-order chi connectivity index (χ0) is 23.4. The Bertz CT molecular complexity index is 1200. The fourth-order valence-corrected chi connectivity index (χ4v) is 6.03. The van der Waals surface area contributed by atoms with Gasteiger partial charge in [-0.3, -0.25) is 4.79 Å². The van der Waals surface area contributed by atoms with Gasteiger partial charge >= 0.3 is 0 Å². The number of amides is 1. The minimum atomic E-state index is -3.59. The molecule has 174 valence electrons. The zero-order valence-corrected chi connectivity index (χ0v) is 20.3. The highest BCUT2D eigenvalue weighted by Crippen LogP contribution is 2.28. The first-order valence-electron chi connectivity index (χ1n) is 10.9. The van der Waals surface area contributed by atoms with E-state index in [0.29, 0.717) is 36.8 Å². The van der Waals surface area contributed by atoms with Gasteiger partial charge in [0.15, 0.2) is 5.13 Å². The van der Waals surface area contributed by atoms with Crippen molar-refractivity contribution < 1.29 is 17.9 Å². The molecule has 1 aliphatic heterocycles. The third-order valence-electron chi connectivity index (χ3n) is 5.91. The number of benzene rings is 2. The van der Waals surface area contributed by atoms with Gasteiger partial charge < -0.3 is 10.1 Å². The Morgan fingerprint density at radius 2 is 1.79 bits per heavy atom. The van der Waals surface area contributed by atoms with E-state index in [1.807, 2.05) is 17.5 Å². The van der Waals surface area contributed by atoms with E-state index in [0.717, 1.165) is 17.7 Å². The normalized spacial score (nSPS) is 15.3. The van der Waals surface area contributed by atoms with Crippen molar-refractivity contribution in [1.82, 2.24) is 9.29 Å². The molecule has 7 nitrogen and oxygen atoms in total. The fourth-order valence-electron chi connectivity index (χ4n) is 3.84. The van der Waals surface area contributed by atoms with Crippen molar-refractivity contribution in [2.24, 2.45) is 5.92 Å². The summed E-state index contributed by atoms with van der Waals surface area (Å²) in [6.45, 7) is 2.73. The lowest BCUT2D eigenvalue weighted by atomic mass is 9.97. The lowest BCUT2D eigenvalue weighted by Gasteiger charge is -2.30. The summed E-state index contributed by atoms with van der Waals surface area (Å²) < 4.78 is 32.4. The molecule has 0 atom stereocenters. The molecule has 0 aliphatic carbocycles. The van der Waals surface area contributed by atoms with E-state index in [9.17, 15) is 13.2 Å². The maximum absolute atomic E-state index is 12.9. The number of thiazole rings is 1. The third-order valence-corrected chi connectivity index (χ3v) is 8.58. The first-order valence-corrected chi connectivity index (χ1v) is 13.2. The molecule has 3 aromatic rings. The lowest BCUT2D eigenvalue weighted by molar-refractivity contribution is -0.120. The van der Waals surface area contributed by atoms with Crippen molar-refractivity contribution in [2.75, 3.05) is 25.5 Å². The van der Waals surface area contributed by atoms with Gasteiger partial charge in [0.25, 0.3) is 0 Å². The fraction of sp³-hybridized carbons (Fsp3) is 0.333. The molecular formula is C24H27N3O4S2. The van der Waals surface area contributed by atoms with Gasteiger partial charge in [-0.1, -0.05) is 31.2 Å². The standard InChI is InChI=1S/C24H27N3O4S2/c1-3-17-4-6-18(7-5-17)22-16-32-24(25-22)26-23(28)19-12-14-27(15-13-19)33(29,30)21-10-8-20(31-2)9-11-21/h4-11,16,19H,3,12-15H2,1-2H3,(H,25,26,28). The molecule has 2 heterocycles. The molecule has 0 spiro atoms. The van der Waals surface area contributed by atoms with Crippen LogP contribution in [-0.4, -0.2) is 43.8 Å². The quantitative estimate of drug-likeness (QED) is 0.535. The Hall–Kier alpha value is -2.75. The number of hydrogen-bond acceptors (Lipinski definition) is 6. The van der Waals surface area contributed by atoms with Crippen LogP contribution in [-0.2, 0) is 21.2 Å². The van der Waals surface area contributed by atoms with Crippen molar-refractivity contribution in [3.8, 4) is 17.0 Å². The van der Waals surface area contributed by atoms with Crippen LogP contribution < -0.4 is 10.1 Å². The van der Waals surface area contributed by atoms with Crippen LogP contribution in [0.15, 0.2) is 58.8 Å². The van der Waals surface area contributed by atoms with Crippen molar-refractivity contribution >= 4 is 32.4 Å². The highest BCUT2D eigenvalue weighted by molar-refractivity contribution is 7.89. The molecule has 0 saturated carbocycles. The third kappa shape index (κ3) is 5.26. The second-order valence-electron chi connectivity index (χ2n) is 7.93. The molecule has 0 bridgehead atoms. The minimum Gasteiger partial charge on any atom is -0.497 e. The summed E-state index contributed by atoms with van der Waals surface area (Å²) in [5, 5.41) is 5.40. The van der Waals surface area contributed by atoms with E-state index in [1.54, 1.807) is 24.3 Å². The molecule has 1 saturated heterocycles. The number of carbonyl (C=O) groups excluding carboxylic acids is 1. The Labute approximate surface area is 198 Å². The van der Waals surface area contributed by atoms with Crippen LogP contribution >= 0.6 is 11.3 Å². The Kier molecular flexibility index (Phi) is 7.11. The van der Waals surface area contributed by atoms with Crippen molar-refractivity contribution in [3.63, 3.8) is 0 Å². The summed E-state index contributed by atoms with van der Waals surface area (Å²) in [7, 11) is -2.05. The van der Waals surface area contributed by atoms with Crippen molar-refractivity contribution in [1.29, 1.82) is 0 Å². The van der Waals surface area contributed by atoms with Crippen LogP contribution in [0.4, 0.5) is 5.13 Å². The van der Waals surface area contributed by atoms with Crippen LogP contribution in [0, 0.1) is 5.92 Å². The second-order valence-corrected chi connectivity index (χ2v) is 10.7.